The van der Waals surface area contributed by atoms with Crippen LogP contribution in [-0.4, -0.2) is 26.4 Å². The summed E-state index contributed by atoms with van der Waals surface area (Å²) in [7, 11) is 1.50. The van der Waals surface area contributed by atoms with E-state index in [9.17, 15) is 4.79 Å². The highest BCUT2D eigenvalue weighted by Gasteiger charge is 2.19. The van der Waals surface area contributed by atoms with Gasteiger partial charge in [0.1, 0.15) is 12.0 Å². The lowest BCUT2D eigenvalue weighted by Crippen LogP contribution is -2.29. The molecule has 0 amide bonds. The molecule has 0 atom stereocenters. The van der Waals surface area contributed by atoms with Crippen molar-refractivity contribution in [3.05, 3.63) is 120 Å². The first-order chi connectivity index (χ1) is 17.8. The van der Waals surface area contributed by atoms with Crippen LogP contribution in [0.4, 0.5) is 5.69 Å². The monoisotopic (exact) mass is 499 g/mol. The van der Waals surface area contributed by atoms with Gasteiger partial charge >= 0.3 is 0 Å². The fourth-order valence-corrected chi connectivity index (χ4v) is 4.34. The lowest BCUT2D eigenvalue weighted by atomic mass is 10.1. The molecular formula is C30H33N3O2S. The summed E-state index contributed by atoms with van der Waals surface area (Å²) in [4.78, 5) is 14.8. The minimum Gasteiger partial charge on any atom is -0.454 e. The number of rotatable bonds is 11. The van der Waals surface area contributed by atoms with Crippen LogP contribution in [0.25, 0.3) is 0 Å². The summed E-state index contributed by atoms with van der Waals surface area (Å²) in [6, 6.07) is 34.2. The van der Waals surface area contributed by atoms with Gasteiger partial charge in [-0.2, -0.15) is 0 Å². The van der Waals surface area contributed by atoms with Gasteiger partial charge in [0.05, 0.1) is 10.6 Å². The van der Waals surface area contributed by atoms with Gasteiger partial charge in [-0.1, -0.05) is 78.9 Å². The highest BCUT2D eigenvalue weighted by atomic mass is 32.2. The summed E-state index contributed by atoms with van der Waals surface area (Å²) in [6.07, 6.45) is 2.61. The molecule has 0 radical (unpaired) electrons. The molecule has 4 rings (SSSR count). The molecule has 0 aliphatic heterocycles. The summed E-state index contributed by atoms with van der Waals surface area (Å²) in [5.74, 6) is 1.40. The quantitative estimate of drug-likeness (QED) is 0.191. The third-order valence-corrected chi connectivity index (χ3v) is 6.21. The van der Waals surface area contributed by atoms with Gasteiger partial charge < -0.3 is 15.4 Å². The van der Waals surface area contributed by atoms with E-state index in [2.05, 4.69) is 59.2 Å². The predicted octanol–water partition coefficient (Wildman–Crippen LogP) is 6.12. The smallest absolute Gasteiger partial charge is 0.165 e. The second kappa shape index (κ2) is 14.7. The molecule has 36 heavy (non-hydrogen) atoms. The third-order valence-electron chi connectivity index (χ3n) is 5.65. The number of nitrogens with two attached hydrogens (primary N) is 2. The molecule has 0 aliphatic rings. The number of hydrogen-bond donors (Lipinski definition) is 2. The second-order valence-electron chi connectivity index (χ2n) is 7.98. The first kappa shape index (κ1) is 27.0. The van der Waals surface area contributed by atoms with Crippen LogP contribution in [0.5, 0.6) is 11.5 Å². The average molecular weight is 500 g/mol. The zero-order chi connectivity index (χ0) is 25.6. The van der Waals surface area contributed by atoms with E-state index in [-0.39, 0.29) is 0 Å². The Labute approximate surface area is 218 Å². The maximum absolute atomic E-state index is 11.8. The number of carbonyl (C=O) groups excluding carboxylic acids is 1. The van der Waals surface area contributed by atoms with Crippen molar-refractivity contribution in [1.82, 2.24) is 0 Å². The molecule has 0 aromatic heterocycles. The molecular weight excluding hydrogens is 466 g/mol. The summed E-state index contributed by atoms with van der Waals surface area (Å²) < 4.78 is 6.36. The van der Waals surface area contributed by atoms with Crippen LogP contribution < -0.4 is 20.5 Å². The van der Waals surface area contributed by atoms with Crippen molar-refractivity contribution >= 4 is 23.9 Å². The van der Waals surface area contributed by atoms with Crippen molar-refractivity contribution in [3.8, 4) is 11.5 Å². The largest absolute Gasteiger partial charge is 0.454 e. The van der Waals surface area contributed by atoms with E-state index in [1.165, 1.54) is 18.2 Å². The Hall–Kier alpha value is -3.58. The van der Waals surface area contributed by atoms with E-state index in [0.717, 1.165) is 60.5 Å². The highest BCUT2D eigenvalue weighted by molar-refractivity contribution is 7.97. The van der Waals surface area contributed by atoms with Crippen molar-refractivity contribution in [1.29, 1.82) is 0 Å². The number of nitrogens with zero attached hydrogens (tertiary/aromatic N) is 1. The zero-order valence-electron chi connectivity index (χ0n) is 20.5. The van der Waals surface area contributed by atoms with Crippen LogP contribution in [0.3, 0.4) is 0 Å². The number of para-hydroxylation sites is 1. The molecule has 0 unspecified atom stereocenters. The molecule has 4 aromatic carbocycles. The minimum atomic E-state index is 0.577. The van der Waals surface area contributed by atoms with Gasteiger partial charge in [-0.3, -0.25) is 9.93 Å². The van der Waals surface area contributed by atoms with E-state index in [1.54, 1.807) is 6.07 Å². The average Bonchev–Trinajstić information content (AvgIpc) is 2.96. The van der Waals surface area contributed by atoms with Gasteiger partial charge in [0, 0.05) is 18.7 Å². The second-order valence-corrected chi connectivity index (χ2v) is 8.65. The maximum atomic E-state index is 11.8. The van der Waals surface area contributed by atoms with E-state index < -0.39 is 0 Å². The maximum Gasteiger partial charge on any atom is 0.165 e. The van der Waals surface area contributed by atoms with Crippen molar-refractivity contribution < 1.29 is 9.53 Å². The van der Waals surface area contributed by atoms with E-state index in [4.69, 9.17) is 9.88 Å². The summed E-state index contributed by atoms with van der Waals surface area (Å²) in [6.45, 7) is 1.55. The molecule has 0 aliphatic carbocycles. The molecule has 0 spiro atoms. The number of benzene rings is 4. The molecule has 0 bridgehead atoms. The lowest BCUT2D eigenvalue weighted by Gasteiger charge is -2.28. The Morgan fingerprint density at radius 1 is 0.778 bits per heavy atom. The van der Waals surface area contributed by atoms with Gasteiger partial charge in [-0.05, 0) is 67.2 Å². The first-order valence-electron chi connectivity index (χ1n) is 11.9. The molecule has 0 fully saturated rings. The van der Waals surface area contributed by atoms with Gasteiger partial charge in [0.15, 0.2) is 5.75 Å². The fourth-order valence-electron chi connectivity index (χ4n) is 3.88. The van der Waals surface area contributed by atoms with Crippen LogP contribution in [0.1, 0.15) is 21.5 Å². The van der Waals surface area contributed by atoms with E-state index in [0.29, 0.717) is 11.3 Å². The minimum absolute atomic E-state index is 0.577. The first-order valence-corrected chi connectivity index (χ1v) is 12.8. The molecule has 0 heterocycles. The van der Waals surface area contributed by atoms with Crippen LogP contribution >= 0.6 is 11.9 Å². The molecule has 186 valence electrons. The Kier molecular flexibility index (Phi) is 11.1. The molecule has 0 saturated carbocycles. The number of ether oxygens (including phenoxy) is 1. The molecule has 6 heteroatoms. The lowest BCUT2D eigenvalue weighted by molar-refractivity contribution is 0.112. The molecule has 4 aromatic rings. The highest BCUT2D eigenvalue weighted by Crippen LogP contribution is 2.40. The van der Waals surface area contributed by atoms with Crippen molar-refractivity contribution in [2.24, 2.45) is 10.9 Å². The number of aldehydes is 1. The van der Waals surface area contributed by atoms with Crippen LogP contribution in [0.2, 0.25) is 0 Å². The SMILES string of the molecule is CN.NSc1cc(C=O)cc(N(CCc2ccccc2)CCc2ccccc2)c1Oc1ccccc1. The van der Waals surface area contributed by atoms with Crippen LogP contribution in [-0.2, 0) is 12.8 Å². The molecule has 4 N–H and O–H groups in total. The Morgan fingerprint density at radius 3 is 1.75 bits per heavy atom. The molecule has 0 saturated heterocycles. The molecule has 5 nitrogen and oxygen atoms in total. The van der Waals surface area contributed by atoms with Crippen molar-refractivity contribution in [3.63, 3.8) is 0 Å². The van der Waals surface area contributed by atoms with E-state index in [1.807, 2.05) is 48.5 Å². The summed E-state index contributed by atoms with van der Waals surface area (Å²) in [5.41, 5.74) is 8.47. The summed E-state index contributed by atoms with van der Waals surface area (Å²) in [5, 5.41) is 6.03. The van der Waals surface area contributed by atoms with Crippen molar-refractivity contribution in [2.45, 2.75) is 17.7 Å². The number of anilines is 1. The Morgan fingerprint density at radius 2 is 1.28 bits per heavy atom. The van der Waals surface area contributed by atoms with Gasteiger partial charge in [0.2, 0.25) is 0 Å². The number of carbonyl (C=O) groups is 1. The normalized spacial score (nSPS) is 10.2. The Balaban J connectivity index is 0.00000176. The fraction of sp³-hybridized carbons (Fsp3) is 0.167. The van der Waals surface area contributed by atoms with Crippen LogP contribution in [0.15, 0.2) is 108 Å². The van der Waals surface area contributed by atoms with Gasteiger partial charge in [-0.15, -0.1) is 0 Å². The Bertz CT molecular complexity index is 1150. The summed E-state index contributed by atoms with van der Waals surface area (Å²) >= 11 is 1.09. The predicted molar refractivity (Wildman–Crippen MR) is 151 cm³/mol. The van der Waals surface area contributed by atoms with Crippen LogP contribution in [0, 0.1) is 0 Å². The standard InChI is InChI=1S/C29H28N2O2S.CH5N/c30-34-28-21-25(22-32)20-27(29(28)33-26-14-8-3-9-15-26)31(18-16-23-10-4-1-5-11-23)19-17-24-12-6-2-7-13-24;1-2/h1-15,20-22H,16-19,30H2;2H2,1H3. The number of hydrogen-bond acceptors (Lipinski definition) is 6. The van der Waals surface area contributed by atoms with Crippen molar-refractivity contribution in [2.75, 3.05) is 25.0 Å². The van der Waals surface area contributed by atoms with E-state index >= 15 is 0 Å². The zero-order valence-corrected chi connectivity index (χ0v) is 21.4. The topological polar surface area (TPSA) is 81.6 Å². The third kappa shape index (κ3) is 7.71. The van der Waals surface area contributed by atoms with Gasteiger partial charge in [-0.25, -0.2) is 0 Å². The van der Waals surface area contributed by atoms with Gasteiger partial charge in [0.25, 0.3) is 0 Å².